The first-order valence-electron chi connectivity index (χ1n) is 4.98. The first-order chi connectivity index (χ1) is 8.20. The summed E-state index contributed by atoms with van der Waals surface area (Å²) in [6.45, 7) is 1.98. The number of hydrogen-bond acceptors (Lipinski definition) is 6. The predicted molar refractivity (Wildman–Crippen MR) is 65.0 cm³/mol. The highest BCUT2D eigenvalue weighted by Crippen LogP contribution is 2.27. The smallest absolute Gasteiger partial charge is 0.181 e. The van der Waals surface area contributed by atoms with Gasteiger partial charge in [0.05, 0.1) is 6.33 Å². The van der Waals surface area contributed by atoms with E-state index in [1.807, 2.05) is 6.92 Å². The van der Waals surface area contributed by atoms with Gasteiger partial charge in [-0.1, -0.05) is 12.1 Å². The molecule has 8 heteroatoms. The summed E-state index contributed by atoms with van der Waals surface area (Å²) in [6.07, 6.45) is 3.54. The summed E-state index contributed by atoms with van der Waals surface area (Å²) in [4.78, 5) is 15.3. The average Bonchev–Trinajstić information content (AvgIpc) is 2.78. The van der Waals surface area contributed by atoms with Crippen molar-refractivity contribution in [3.8, 4) is 0 Å². The van der Waals surface area contributed by atoms with E-state index in [1.165, 1.54) is 18.1 Å². The minimum Gasteiger partial charge on any atom is -0.409 e. The Hall–Kier alpha value is -1.83. The zero-order chi connectivity index (χ0) is 12.3. The number of fused-ring (bicyclic) bond motifs is 1. The number of nitrogens with two attached hydrogens (primary N) is 1. The number of nitrogens with zero attached hydrogens (tertiary/aromatic N) is 4. The maximum absolute atomic E-state index is 8.50. The lowest BCUT2D eigenvalue weighted by atomic mass is 10.3. The standard InChI is InChI=1S/C9H12N6OS/c1-5(2-6(10)15-16)17-9-7-8(12-3-11-7)13-4-14-9/h3-5,16H,2H2,1H3,(H2,10,15)(H,11,12,13,14). The SMILES string of the molecule is CC(CC(N)=NO)Sc1ncnc2nc[nH]c12. The molecule has 0 saturated heterocycles. The van der Waals surface area contributed by atoms with Crippen LogP contribution >= 0.6 is 11.8 Å². The lowest BCUT2D eigenvalue weighted by Gasteiger charge is -2.09. The van der Waals surface area contributed by atoms with Gasteiger partial charge >= 0.3 is 0 Å². The van der Waals surface area contributed by atoms with Crippen LogP contribution in [-0.4, -0.2) is 36.2 Å². The quantitative estimate of drug-likeness (QED) is 0.187. The van der Waals surface area contributed by atoms with Gasteiger partial charge in [-0.2, -0.15) is 0 Å². The summed E-state index contributed by atoms with van der Waals surface area (Å²) < 4.78 is 0. The minimum absolute atomic E-state index is 0.146. The number of thioether (sulfide) groups is 1. The molecule has 7 nitrogen and oxygen atoms in total. The third kappa shape index (κ3) is 2.64. The molecule has 0 bridgehead atoms. The molecular weight excluding hydrogens is 240 g/mol. The van der Waals surface area contributed by atoms with Crippen molar-refractivity contribution in [3.63, 3.8) is 0 Å². The van der Waals surface area contributed by atoms with Crippen LogP contribution in [0.2, 0.25) is 0 Å². The minimum atomic E-state index is 0.146. The van der Waals surface area contributed by atoms with Gasteiger partial charge in [0.25, 0.3) is 0 Å². The molecule has 0 radical (unpaired) electrons. The number of imidazole rings is 1. The van der Waals surface area contributed by atoms with E-state index in [2.05, 4.69) is 25.1 Å². The van der Waals surface area contributed by atoms with Gasteiger partial charge in [0, 0.05) is 11.7 Å². The molecule has 90 valence electrons. The van der Waals surface area contributed by atoms with Crippen molar-refractivity contribution in [1.29, 1.82) is 0 Å². The van der Waals surface area contributed by atoms with Gasteiger partial charge in [-0.3, -0.25) is 0 Å². The summed E-state index contributed by atoms with van der Waals surface area (Å²) in [5.74, 6) is 0.208. The van der Waals surface area contributed by atoms with Crippen LogP contribution in [-0.2, 0) is 0 Å². The van der Waals surface area contributed by atoms with E-state index < -0.39 is 0 Å². The molecular formula is C9H12N6OS. The van der Waals surface area contributed by atoms with Gasteiger partial charge in [0.15, 0.2) is 5.65 Å². The number of rotatable bonds is 4. The normalized spacial score (nSPS) is 14.1. The third-order valence-corrected chi connectivity index (χ3v) is 3.23. The molecule has 1 unspecified atom stereocenters. The van der Waals surface area contributed by atoms with Crippen molar-refractivity contribution in [2.75, 3.05) is 0 Å². The van der Waals surface area contributed by atoms with E-state index in [0.29, 0.717) is 12.1 Å². The second kappa shape index (κ2) is 5.00. The topological polar surface area (TPSA) is 113 Å². The van der Waals surface area contributed by atoms with E-state index in [9.17, 15) is 0 Å². The molecule has 0 aliphatic carbocycles. The lowest BCUT2D eigenvalue weighted by Crippen LogP contribution is -2.16. The molecule has 2 aromatic rings. The van der Waals surface area contributed by atoms with Crippen LogP contribution in [0, 0.1) is 0 Å². The summed E-state index contributed by atoms with van der Waals surface area (Å²) in [5.41, 5.74) is 6.90. The Bertz CT molecular complexity index is 539. The van der Waals surface area contributed by atoms with Crippen molar-refractivity contribution in [3.05, 3.63) is 12.7 Å². The fourth-order valence-electron chi connectivity index (χ4n) is 1.40. The first-order valence-corrected chi connectivity index (χ1v) is 5.86. The fourth-order valence-corrected chi connectivity index (χ4v) is 2.41. The van der Waals surface area contributed by atoms with Crippen molar-refractivity contribution >= 4 is 28.8 Å². The van der Waals surface area contributed by atoms with Crippen molar-refractivity contribution in [2.45, 2.75) is 23.6 Å². The number of aromatic nitrogens is 4. The maximum Gasteiger partial charge on any atom is 0.181 e. The van der Waals surface area contributed by atoms with Crippen molar-refractivity contribution in [1.82, 2.24) is 19.9 Å². The Kier molecular flexibility index (Phi) is 3.43. The van der Waals surface area contributed by atoms with Crippen LogP contribution in [0.15, 0.2) is 22.8 Å². The molecule has 1 atom stereocenters. The zero-order valence-corrected chi connectivity index (χ0v) is 9.98. The number of oxime groups is 1. The summed E-state index contributed by atoms with van der Waals surface area (Å²) in [5, 5.41) is 12.4. The van der Waals surface area contributed by atoms with Crippen LogP contribution in [0.4, 0.5) is 0 Å². The van der Waals surface area contributed by atoms with Gasteiger partial charge in [0.1, 0.15) is 22.7 Å². The van der Waals surface area contributed by atoms with Gasteiger partial charge in [0.2, 0.25) is 0 Å². The molecule has 0 spiro atoms. The van der Waals surface area contributed by atoms with Gasteiger partial charge in [-0.05, 0) is 0 Å². The molecule has 0 aliphatic heterocycles. The zero-order valence-electron chi connectivity index (χ0n) is 9.16. The lowest BCUT2D eigenvalue weighted by molar-refractivity contribution is 0.317. The predicted octanol–water partition coefficient (Wildman–Crippen LogP) is 0.970. The second-order valence-electron chi connectivity index (χ2n) is 3.50. The second-order valence-corrected chi connectivity index (χ2v) is 4.93. The monoisotopic (exact) mass is 252 g/mol. The van der Waals surface area contributed by atoms with Crippen molar-refractivity contribution in [2.24, 2.45) is 10.9 Å². The Balaban J connectivity index is 2.15. The molecule has 0 saturated carbocycles. The Morgan fingerprint density at radius 3 is 3.18 bits per heavy atom. The van der Waals surface area contributed by atoms with E-state index in [0.717, 1.165) is 10.5 Å². The molecule has 0 amide bonds. The van der Waals surface area contributed by atoms with Gasteiger partial charge in [-0.25, -0.2) is 15.0 Å². The Morgan fingerprint density at radius 2 is 2.41 bits per heavy atom. The summed E-state index contributed by atoms with van der Waals surface area (Å²) in [6, 6.07) is 0. The fraction of sp³-hybridized carbons (Fsp3) is 0.333. The van der Waals surface area contributed by atoms with Gasteiger partial charge < -0.3 is 15.9 Å². The van der Waals surface area contributed by atoms with Gasteiger partial charge in [-0.15, -0.1) is 11.8 Å². The molecule has 2 heterocycles. The molecule has 2 aromatic heterocycles. The van der Waals surface area contributed by atoms with Crippen LogP contribution < -0.4 is 5.73 Å². The average molecular weight is 252 g/mol. The summed E-state index contributed by atoms with van der Waals surface area (Å²) in [7, 11) is 0. The molecule has 17 heavy (non-hydrogen) atoms. The van der Waals surface area contributed by atoms with E-state index in [-0.39, 0.29) is 11.1 Å². The van der Waals surface area contributed by atoms with Crippen LogP contribution in [0.3, 0.4) is 0 Å². The number of hydrogen-bond donors (Lipinski definition) is 3. The van der Waals surface area contributed by atoms with Crippen molar-refractivity contribution < 1.29 is 5.21 Å². The highest BCUT2D eigenvalue weighted by molar-refractivity contribution is 8.00. The molecule has 0 aliphatic rings. The van der Waals surface area contributed by atoms with Crippen LogP contribution in [0.1, 0.15) is 13.3 Å². The van der Waals surface area contributed by atoms with E-state index in [1.54, 1.807) is 6.33 Å². The molecule has 2 rings (SSSR count). The third-order valence-electron chi connectivity index (χ3n) is 2.13. The maximum atomic E-state index is 8.50. The van der Waals surface area contributed by atoms with E-state index in [4.69, 9.17) is 10.9 Å². The van der Waals surface area contributed by atoms with Crippen LogP contribution in [0.5, 0.6) is 0 Å². The molecule has 4 N–H and O–H groups in total. The first kappa shape index (κ1) is 11.6. The van der Waals surface area contributed by atoms with E-state index >= 15 is 0 Å². The highest BCUT2D eigenvalue weighted by Gasteiger charge is 2.12. The Labute approximate surface area is 102 Å². The Morgan fingerprint density at radius 1 is 1.59 bits per heavy atom. The molecule has 0 aromatic carbocycles. The van der Waals surface area contributed by atoms with Crippen LogP contribution in [0.25, 0.3) is 11.2 Å². The summed E-state index contributed by atoms with van der Waals surface area (Å²) >= 11 is 1.53. The number of nitrogens with one attached hydrogen (secondary N) is 1. The largest absolute Gasteiger partial charge is 0.409 e. The number of amidine groups is 1. The number of H-pyrrole nitrogens is 1. The number of aromatic amines is 1. The highest BCUT2D eigenvalue weighted by atomic mass is 32.2. The molecule has 0 fully saturated rings.